The van der Waals surface area contributed by atoms with Crippen LogP contribution in [0.1, 0.15) is 30.1 Å². The molecule has 5 saturated carbocycles. The summed E-state index contributed by atoms with van der Waals surface area (Å²) >= 11 is 0. The first kappa shape index (κ1) is 31.4. The summed E-state index contributed by atoms with van der Waals surface area (Å²) < 4.78 is 37.2. The van der Waals surface area contributed by atoms with Crippen LogP contribution in [0.25, 0.3) is 0 Å². The third-order valence-corrected chi connectivity index (χ3v) is 12.9. The number of carbonyl (C=O) groups is 2. The highest BCUT2D eigenvalue weighted by atomic mass is 16.6. The lowest BCUT2D eigenvalue weighted by Gasteiger charge is -2.70. The largest absolute Gasteiger partial charge is 0.455 e. The molecule has 12 heteroatoms. The van der Waals surface area contributed by atoms with Crippen molar-refractivity contribution in [2.75, 3.05) is 48.6 Å². The van der Waals surface area contributed by atoms with Crippen LogP contribution in [0.2, 0.25) is 0 Å². The lowest BCUT2D eigenvalue weighted by molar-refractivity contribution is -0.321. The fourth-order valence-electron chi connectivity index (χ4n) is 12.2. The fourth-order valence-corrected chi connectivity index (χ4v) is 12.2. The van der Waals surface area contributed by atoms with Crippen molar-refractivity contribution in [2.45, 2.75) is 73.6 Å². The lowest BCUT2D eigenvalue weighted by atomic mass is 9.42. The first-order valence-corrected chi connectivity index (χ1v) is 15.8. The SMILES string of the molecule is COC[C@]12CN(C)C3C4[C@H](OC)[C@H]1C3([C@@H](OC)C[C@H]2O)[C@@H]1C[C@]2(O)[C@H](OC(=O)c3ccccc3)[C@@H]1[C@]4(OC(C)=O)[C@@H](O)[C@@H]2OC. The smallest absolute Gasteiger partial charge is 0.338 e. The first-order valence-electron chi connectivity index (χ1n) is 15.8. The molecular weight excluding hydrogens is 586 g/mol. The van der Waals surface area contributed by atoms with E-state index < -0.39 is 88.3 Å². The molecule has 3 N–H and O–H groups in total. The standard InChI is InChI=1S/C33H45NO11/c1-16(35)45-33-21-18(13-31(39,28(43-6)26(33)37)27(21)44-29(38)17-10-8-7-9-11-17)32-20(41-4)12-19(36)30(15-40-3)14-34(2)25(32)22(33)23(42-5)24(30)32/h7-11,18-28,36-37,39H,12-15H2,1-6H3/t18-,19-,20+,21-,22?,23+,24-,25?,26+,27-,28+,30+,31+,32?,33-/m1/s1. The molecule has 1 aliphatic heterocycles. The zero-order valence-corrected chi connectivity index (χ0v) is 26.6. The summed E-state index contributed by atoms with van der Waals surface area (Å²) in [6.45, 7) is 2.00. The fraction of sp³-hybridized carbons (Fsp3) is 0.758. The highest BCUT2D eigenvalue weighted by Crippen LogP contribution is 2.80. The van der Waals surface area contributed by atoms with Gasteiger partial charge in [0.1, 0.15) is 23.9 Å². The molecule has 7 rings (SSSR count). The van der Waals surface area contributed by atoms with E-state index in [2.05, 4.69) is 4.90 Å². The molecule has 45 heavy (non-hydrogen) atoms. The summed E-state index contributed by atoms with van der Waals surface area (Å²) in [5.41, 5.74) is -4.79. The quantitative estimate of drug-likeness (QED) is 0.337. The van der Waals surface area contributed by atoms with Gasteiger partial charge in [-0.05, 0) is 31.5 Å². The molecule has 0 radical (unpaired) electrons. The summed E-state index contributed by atoms with van der Waals surface area (Å²) in [4.78, 5) is 29.1. The van der Waals surface area contributed by atoms with E-state index in [9.17, 15) is 24.9 Å². The monoisotopic (exact) mass is 631 g/mol. The second kappa shape index (κ2) is 10.4. The summed E-state index contributed by atoms with van der Waals surface area (Å²) in [6, 6.07) is 8.15. The number of aliphatic hydroxyl groups excluding tert-OH is 2. The molecule has 1 heterocycles. The molecule has 3 unspecified atom stereocenters. The van der Waals surface area contributed by atoms with Crippen molar-refractivity contribution in [1.29, 1.82) is 0 Å². The Labute approximate surface area is 262 Å². The van der Waals surface area contributed by atoms with E-state index in [1.165, 1.54) is 14.0 Å². The van der Waals surface area contributed by atoms with E-state index in [4.69, 9.17) is 28.4 Å². The Balaban J connectivity index is 1.52. The van der Waals surface area contributed by atoms with Gasteiger partial charge in [-0.15, -0.1) is 0 Å². The molecule has 0 aromatic heterocycles. The molecule has 6 fully saturated rings. The zero-order chi connectivity index (χ0) is 32.3. The Kier molecular flexibility index (Phi) is 7.28. The normalized spacial score (nSPS) is 50.7. The summed E-state index contributed by atoms with van der Waals surface area (Å²) in [7, 11) is 8.20. The van der Waals surface area contributed by atoms with Crippen LogP contribution >= 0.6 is 0 Å². The second-order valence-corrected chi connectivity index (χ2v) is 14.3. The van der Waals surface area contributed by atoms with Gasteiger partial charge >= 0.3 is 11.9 Å². The maximum atomic E-state index is 13.7. The van der Waals surface area contributed by atoms with Crippen molar-refractivity contribution in [2.24, 2.45) is 34.5 Å². The van der Waals surface area contributed by atoms with Gasteiger partial charge in [-0.3, -0.25) is 4.79 Å². The first-order chi connectivity index (χ1) is 21.4. The highest BCUT2D eigenvalue weighted by molar-refractivity contribution is 5.89. The number of hydrogen-bond acceptors (Lipinski definition) is 12. The van der Waals surface area contributed by atoms with Crippen molar-refractivity contribution >= 4 is 11.9 Å². The van der Waals surface area contributed by atoms with E-state index in [0.717, 1.165) is 0 Å². The summed E-state index contributed by atoms with van der Waals surface area (Å²) in [5, 5.41) is 37.0. The number of hydrogen-bond donors (Lipinski definition) is 3. The van der Waals surface area contributed by atoms with E-state index in [1.807, 2.05) is 7.05 Å². The van der Waals surface area contributed by atoms with Crippen LogP contribution in [0, 0.1) is 34.5 Å². The average molecular weight is 632 g/mol. The number of rotatable bonds is 8. The molecule has 7 bridgehead atoms. The number of aliphatic hydroxyl groups is 3. The van der Waals surface area contributed by atoms with Crippen molar-refractivity contribution in [3.63, 3.8) is 0 Å². The second-order valence-electron chi connectivity index (χ2n) is 14.3. The molecule has 15 atom stereocenters. The van der Waals surface area contributed by atoms with Gasteiger partial charge < -0.3 is 48.6 Å². The Morgan fingerprint density at radius 3 is 2.31 bits per heavy atom. The minimum absolute atomic E-state index is 0.0754. The predicted octanol–water partition coefficient (Wildman–Crippen LogP) is 0.258. The molecule has 1 aromatic rings. The van der Waals surface area contributed by atoms with Crippen molar-refractivity contribution in [1.82, 2.24) is 4.90 Å². The predicted molar refractivity (Wildman–Crippen MR) is 156 cm³/mol. The van der Waals surface area contributed by atoms with Gasteiger partial charge in [-0.25, -0.2) is 4.79 Å². The van der Waals surface area contributed by atoms with Gasteiger partial charge in [0, 0.05) is 83.0 Å². The van der Waals surface area contributed by atoms with Crippen molar-refractivity contribution < 1.29 is 53.3 Å². The molecule has 5 aliphatic carbocycles. The maximum absolute atomic E-state index is 13.7. The minimum Gasteiger partial charge on any atom is -0.455 e. The van der Waals surface area contributed by atoms with E-state index in [1.54, 1.807) is 51.7 Å². The topological polar surface area (TPSA) is 153 Å². The number of fused-ring (bicyclic) bond motifs is 2. The number of esters is 2. The molecular formula is C33H45NO11. The van der Waals surface area contributed by atoms with Crippen LogP contribution in [-0.4, -0.2) is 135 Å². The molecule has 1 aromatic carbocycles. The van der Waals surface area contributed by atoms with Gasteiger partial charge in [0.05, 0.1) is 30.5 Å². The average Bonchev–Trinajstić information content (AvgIpc) is 3.40. The number of likely N-dealkylation sites (tertiary alicyclic amines) is 1. The van der Waals surface area contributed by atoms with Crippen molar-refractivity contribution in [3.05, 3.63) is 35.9 Å². The Hall–Kier alpha value is -2.16. The van der Waals surface area contributed by atoms with Crippen molar-refractivity contribution in [3.8, 4) is 0 Å². The van der Waals surface area contributed by atoms with E-state index >= 15 is 0 Å². The van der Waals surface area contributed by atoms with Gasteiger partial charge in [-0.1, -0.05) is 18.2 Å². The van der Waals surface area contributed by atoms with Crippen LogP contribution < -0.4 is 0 Å². The number of ether oxygens (including phenoxy) is 6. The maximum Gasteiger partial charge on any atom is 0.338 e. The van der Waals surface area contributed by atoms with Crippen LogP contribution in [-0.2, 0) is 33.2 Å². The van der Waals surface area contributed by atoms with Crippen LogP contribution in [0.4, 0.5) is 0 Å². The third kappa shape index (κ3) is 3.55. The molecule has 6 aliphatic rings. The lowest BCUT2D eigenvalue weighted by Crippen LogP contribution is -2.81. The van der Waals surface area contributed by atoms with Crippen LogP contribution in [0.3, 0.4) is 0 Å². The summed E-state index contributed by atoms with van der Waals surface area (Å²) in [6.07, 6.45) is -5.50. The Bertz CT molecular complexity index is 1350. The Morgan fingerprint density at radius 1 is 1.00 bits per heavy atom. The van der Waals surface area contributed by atoms with E-state index in [0.29, 0.717) is 18.5 Å². The molecule has 1 saturated heterocycles. The highest BCUT2D eigenvalue weighted by Gasteiger charge is 2.92. The number of benzene rings is 1. The number of nitrogens with zero attached hydrogens (tertiary/aromatic N) is 1. The van der Waals surface area contributed by atoms with Crippen LogP contribution in [0.5, 0.6) is 0 Å². The third-order valence-electron chi connectivity index (χ3n) is 12.9. The Morgan fingerprint density at radius 2 is 1.71 bits per heavy atom. The molecule has 248 valence electrons. The number of methoxy groups -OCH3 is 4. The van der Waals surface area contributed by atoms with Crippen LogP contribution in [0.15, 0.2) is 30.3 Å². The summed E-state index contributed by atoms with van der Waals surface area (Å²) in [5.74, 6) is -3.66. The molecule has 1 spiro atoms. The number of piperidine rings is 1. The molecule has 0 amide bonds. The van der Waals surface area contributed by atoms with Gasteiger partial charge in [0.2, 0.25) is 0 Å². The minimum atomic E-state index is -1.83. The molecule has 12 nitrogen and oxygen atoms in total. The van der Waals surface area contributed by atoms with Gasteiger partial charge in [-0.2, -0.15) is 0 Å². The zero-order valence-electron chi connectivity index (χ0n) is 26.6. The number of carbonyl (C=O) groups excluding carboxylic acids is 2. The van der Waals surface area contributed by atoms with E-state index in [-0.39, 0.29) is 25.0 Å². The van der Waals surface area contributed by atoms with Gasteiger partial charge in [0.15, 0.2) is 5.60 Å². The van der Waals surface area contributed by atoms with Gasteiger partial charge in [0.25, 0.3) is 0 Å².